The minimum Gasteiger partial charge on any atom is -0.475 e. The van der Waals surface area contributed by atoms with Gasteiger partial charge in [-0.1, -0.05) is 23.7 Å². The van der Waals surface area contributed by atoms with Gasteiger partial charge in [-0.3, -0.25) is 14.9 Å². The lowest BCUT2D eigenvalue weighted by Crippen LogP contribution is -2.08. The molecule has 0 amide bonds. The molecular weight excluding hydrogens is 250 g/mol. The number of hydrogen-bond donors (Lipinski definition) is 1. The van der Waals surface area contributed by atoms with E-state index in [4.69, 9.17) is 16.7 Å². The Kier molecular flexibility index (Phi) is 3.95. The monoisotopic (exact) mass is 255 g/mol. The SMILES string of the molecule is O=C(O)C(=O)/C=C/c1ccc(Cl)c([N+](=O)[O-])c1. The topological polar surface area (TPSA) is 97.5 Å². The number of carbonyl (C=O) groups is 2. The van der Waals surface area contributed by atoms with E-state index in [1.165, 1.54) is 18.2 Å². The summed E-state index contributed by atoms with van der Waals surface area (Å²) in [6.45, 7) is 0. The summed E-state index contributed by atoms with van der Waals surface area (Å²) in [7, 11) is 0. The molecule has 6 nitrogen and oxygen atoms in total. The molecule has 0 saturated carbocycles. The maximum Gasteiger partial charge on any atom is 0.376 e. The van der Waals surface area contributed by atoms with Crippen LogP contribution in [0.5, 0.6) is 0 Å². The van der Waals surface area contributed by atoms with Crippen molar-refractivity contribution in [1.82, 2.24) is 0 Å². The van der Waals surface area contributed by atoms with Crippen molar-refractivity contribution >= 4 is 35.1 Å². The fourth-order valence-corrected chi connectivity index (χ4v) is 1.20. The van der Waals surface area contributed by atoms with Gasteiger partial charge in [0.05, 0.1) is 4.92 Å². The van der Waals surface area contributed by atoms with Crippen LogP contribution >= 0.6 is 11.6 Å². The Labute approximate surface area is 100 Å². The Hall–Kier alpha value is -2.21. The van der Waals surface area contributed by atoms with Crippen LogP contribution in [0.1, 0.15) is 5.56 Å². The summed E-state index contributed by atoms with van der Waals surface area (Å²) in [6.07, 6.45) is 1.98. The van der Waals surface area contributed by atoms with Gasteiger partial charge in [0.1, 0.15) is 5.02 Å². The fourth-order valence-electron chi connectivity index (χ4n) is 1.02. The van der Waals surface area contributed by atoms with Crippen molar-refractivity contribution in [3.63, 3.8) is 0 Å². The maximum atomic E-state index is 10.8. The number of aliphatic carboxylic acids is 1. The average Bonchev–Trinajstić information content (AvgIpc) is 2.26. The highest BCUT2D eigenvalue weighted by molar-refractivity contribution is 6.38. The van der Waals surface area contributed by atoms with Gasteiger partial charge >= 0.3 is 5.97 Å². The highest BCUT2D eigenvalue weighted by Crippen LogP contribution is 2.25. The molecule has 0 atom stereocenters. The minimum absolute atomic E-state index is 0.0308. The van der Waals surface area contributed by atoms with Crippen molar-refractivity contribution in [2.75, 3.05) is 0 Å². The minimum atomic E-state index is -1.59. The molecule has 0 spiro atoms. The third-order valence-corrected chi connectivity index (χ3v) is 2.12. The largest absolute Gasteiger partial charge is 0.475 e. The normalized spacial score (nSPS) is 10.4. The zero-order valence-corrected chi connectivity index (χ0v) is 9.05. The third kappa shape index (κ3) is 3.39. The maximum absolute atomic E-state index is 10.8. The van der Waals surface area contributed by atoms with E-state index in [-0.39, 0.29) is 10.7 Å². The zero-order chi connectivity index (χ0) is 13.0. The summed E-state index contributed by atoms with van der Waals surface area (Å²) in [5.41, 5.74) is 0.00675. The van der Waals surface area contributed by atoms with Gasteiger partial charge in [0.15, 0.2) is 0 Å². The number of nitrogens with zero attached hydrogens (tertiary/aromatic N) is 1. The molecule has 0 radical (unpaired) electrons. The van der Waals surface area contributed by atoms with Crippen LogP contribution in [0.15, 0.2) is 24.3 Å². The summed E-state index contributed by atoms with van der Waals surface area (Å²) < 4.78 is 0. The van der Waals surface area contributed by atoms with Gasteiger partial charge in [0, 0.05) is 6.07 Å². The van der Waals surface area contributed by atoms with Crippen LogP contribution in [0.25, 0.3) is 6.08 Å². The molecule has 17 heavy (non-hydrogen) atoms. The fraction of sp³-hybridized carbons (Fsp3) is 0. The molecule has 1 N–H and O–H groups in total. The number of carboxylic acid groups (broad SMARTS) is 1. The Morgan fingerprint density at radius 3 is 2.59 bits per heavy atom. The van der Waals surface area contributed by atoms with Gasteiger partial charge in [0.25, 0.3) is 11.5 Å². The van der Waals surface area contributed by atoms with E-state index in [0.717, 1.165) is 12.1 Å². The van der Waals surface area contributed by atoms with Crippen molar-refractivity contribution < 1.29 is 19.6 Å². The van der Waals surface area contributed by atoms with Crippen molar-refractivity contribution in [2.45, 2.75) is 0 Å². The van der Waals surface area contributed by atoms with E-state index in [2.05, 4.69) is 0 Å². The summed E-state index contributed by atoms with van der Waals surface area (Å²) in [5.74, 6) is -2.70. The second-order valence-electron chi connectivity index (χ2n) is 2.97. The van der Waals surface area contributed by atoms with E-state index < -0.39 is 16.7 Å². The molecule has 0 aliphatic heterocycles. The third-order valence-electron chi connectivity index (χ3n) is 1.80. The van der Waals surface area contributed by atoms with Crippen molar-refractivity contribution in [3.8, 4) is 0 Å². The Morgan fingerprint density at radius 2 is 2.06 bits per heavy atom. The second kappa shape index (κ2) is 5.22. The van der Waals surface area contributed by atoms with Crippen molar-refractivity contribution in [2.24, 2.45) is 0 Å². The molecule has 0 unspecified atom stereocenters. The number of nitro benzene ring substituents is 1. The number of hydrogen-bond acceptors (Lipinski definition) is 4. The molecule has 7 heteroatoms. The van der Waals surface area contributed by atoms with E-state index in [1.807, 2.05) is 0 Å². The molecule has 0 fully saturated rings. The van der Waals surface area contributed by atoms with Crippen LogP contribution in [0.3, 0.4) is 0 Å². The lowest BCUT2D eigenvalue weighted by molar-refractivity contribution is -0.384. The van der Waals surface area contributed by atoms with Gasteiger partial charge < -0.3 is 5.11 Å². The summed E-state index contributed by atoms with van der Waals surface area (Å²) in [5, 5.41) is 18.8. The molecule has 1 rings (SSSR count). The molecule has 0 heterocycles. The van der Waals surface area contributed by atoms with E-state index >= 15 is 0 Å². The van der Waals surface area contributed by atoms with E-state index in [0.29, 0.717) is 5.56 Å². The molecule has 0 aromatic heterocycles. The predicted octanol–water partition coefficient (Wildman–Crippen LogP) is 1.92. The number of benzene rings is 1. The van der Waals surface area contributed by atoms with Crippen molar-refractivity contribution in [3.05, 3.63) is 45.0 Å². The van der Waals surface area contributed by atoms with Gasteiger partial charge in [0.2, 0.25) is 0 Å². The first-order valence-corrected chi connectivity index (χ1v) is 4.69. The van der Waals surface area contributed by atoms with Crippen LogP contribution in [-0.4, -0.2) is 21.8 Å². The number of ketones is 1. The van der Waals surface area contributed by atoms with E-state index in [1.54, 1.807) is 0 Å². The molecule has 0 aliphatic rings. The van der Waals surface area contributed by atoms with Crippen LogP contribution in [0.4, 0.5) is 5.69 Å². The first-order valence-electron chi connectivity index (χ1n) is 4.31. The van der Waals surface area contributed by atoms with Gasteiger partial charge in [-0.2, -0.15) is 0 Å². The average molecular weight is 256 g/mol. The van der Waals surface area contributed by atoms with Crippen LogP contribution < -0.4 is 0 Å². The zero-order valence-electron chi connectivity index (χ0n) is 8.29. The van der Waals surface area contributed by atoms with Gasteiger partial charge in [-0.25, -0.2) is 4.79 Å². The number of halogens is 1. The number of rotatable bonds is 4. The quantitative estimate of drug-likeness (QED) is 0.384. The molecule has 0 saturated heterocycles. The lowest BCUT2D eigenvalue weighted by Gasteiger charge is -1.96. The Bertz CT molecular complexity index is 523. The number of carboxylic acids is 1. The first-order chi connectivity index (χ1) is 7.91. The summed E-state index contributed by atoms with van der Waals surface area (Å²) in [4.78, 5) is 30.9. The predicted molar refractivity (Wildman–Crippen MR) is 59.8 cm³/mol. The molecule has 88 valence electrons. The Morgan fingerprint density at radius 1 is 1.41 bits per heavy atom. The molecule has 0 bridgehead atoms. The summed E-state index contributed by atoms with van der Waals surface area (Å²) in [6, 6.07) is 3.87. The van der Waals surface area contributed by atoms with Crippen LogP contribution in [0.2, 0.25) is 5.02 Å². The smallest absolute Gasteiger partial charge is 0.376 e. The highest BCUT2D eigenvalue weighted by Gasteiger charge is 2.12. The van der Waals surface area contributed by atoms with Crippen LogP contribution in [-0.2, 0) is 9.59 Å². The second-order valence-corrected chi connectivity index (χ2v) is 3.38. The van der Waals surface area contributed by atoms with Gasteiger partial charge in [-0.15, -0.1) is 0 Å². The molecule has 1 aromatic rings. The Balaban J connectivity index is 3.01. The first kappa shape index (κ1) is 12.9. The highest BCUT2D eigenvalue weighted by atomic mass is 35.5. The molecular formula is C10H6ClNO5. The lowest BCUT2D eigenvalue weighted by atomic mass is 10.1. The van der Waals surface area contributed by atoms with Crippen molar-refractivity contribution in [1.29, 1.82) is 0 Å². The van der Waals surface area contributed by atoms with E-state index in [9.17, 15) is 19.7 Å². The summed E-state index contributed by atoms with van der Waals surface area (Å²) >= 11 is 5.58. The standard InChI is InChI=1S/C10H6ClNO5/c11-7-3-1-6(5-8(7)12(16)17)2-4-9(13)10(14)15/h1-5H,(H,14,15)/b4-2+. The number of carbonyl (C=O) groups excluding carboxylic acids is 1. The van der Waals surface area contributed by atoms with Crippen LogP contribution in [0, 0.1) is 10.1 Å². The number of nitro groups is 1. The van der Waals surface area contributed by atoms with Gasteiger partial charge in [-0.05, 0) is 17.7 Å². The molecule has 0 aliphatic carbocycles. The molecule has 1 aromatic carbocycles.